The molecule has 3 aliphatic rings. The van der Waals surface area contributed by atoms with Gasteiger partial charge in [0.1, 0.15) is 6.04 Å². The van der Waals surface area contributed by atoms with E-state index in [4.69, 9.17) is 0 Å². The molecular formula is C22H27N3O4. The van der Waals surface area contributed by atoms with Crippen molar-refractivity contribution in [3.05, 3.63) is 34.9 Å². The molecule has 2 heterocycles. The first-order chi connectivity index (χ1) is 13.9. The summed E-state index contributed by atoms with van der Waals surface area (Å²) >= 11 is 0. The molecule has 2 atom stereocenters. The highest BCUT2D eigenvalue weighted by molar-refractivity contribution is 6.06. The molecule has 7 nitrogen and oxygen atoms in total. The Balaban J connectivity index is 1.45. The lowest BCUT2D eigenvalue weighted by atomic mass is 9.84. The highest BCUT2D eigenvalue weighted by atomic mass is 16.2. The Bertz CT molecular complexity index is 860. The molecule has 1 unspecified atom stereocenters. The molecule has 2 N–H and O–H groups in total. The molecule has 4 amide bonds. The van der Waals surface area contributed by atoms with Gasteiger partial charge in [0.2, 0.25) is 11.8 Å². The molecule has 0 bridgehead atoms. The van der Waals surface area contributed by atoms with Crippen LogP contribution in [0.4, 0.5) is 0 Å². The Morgan fingerprint density at radius 1 is 1.14 bits per heavy atom. The zero-order valence-corrected chi connectivity index (χ0v) is 16.7. The van der Waals surface area contributed by atoms with Crippen LogP contribution in [0.2, 0.25) is 0 Å². The molecule has 0 spiro atoms. The summed E-state index contributed by atoms with van der Waals surface area (Å²) in [4.78, 5) is 50.5. The second kappa shape index (κ2) is 7.97. The van der Waals surface area contributed by atoms with Crippen LogP contribution in [0.3, 0.4) is 0 Å². The van der Waals surface area contributed by atoms with Gasteiger partial charge >= 0.3 is 0 Å². The van der Waals surface area contributed by atoms with Gasteiger partial charge in [-0.3, -0.25) is 24.5 Å². The van der Waals surface area contributed by atoms with Crippen LogP contribution in [0.15, 0.2) is 18.2 Å². The Labute approximate surface area is 170 Å². The largest absolute Gasteiger partial charge is 0.349 e. The van der Waals surface area contributed by atoms with Crippen molar-refractivity contribution in [1.82, 2.24) is 15.5 Å². The molecule has 1 aromatic carbocycles. The van der Waals surface area contributed by atoms with Crippen molar-refractivity contribution >= 4 is 23.6 Å². The van der Waals surface area contributed by atoms with E-state index in [1.54, 1.807) is 18.2 Å². The second-order valence-electron chi connectivity index (χ2n) is 8.43. The van der Waals surface area contributed by atoms with Crippen LogP contribution in [0, 0.1) is 5.92 Å². The standard InChI is InChI=1S/C22H27N3O4/c1-13(14-5-3-2-4-6-14)23-20(27)15-7-8-17-16(11-15)12-25(22(17)29)18-9-10-19(26)24-21(18)28/h7-8,11,13-14,18H,2-6,9-10,12H2,1H3,(H,23,27)(H,24,26,28)/t13-,18?/m0/s1. The quantitative estimate of drug-likeness (QED) is 0.761. The number of carbonyl (C=O) groups excluding carboxylic acids is 4. The first kappa shape index (κ1) is 19.6. The van der Waals surface area contributed by atoms with E-state index in [0.29, 0.717) is 23.5 Å². The lowest BCUT2D eigenvalue weighted by Crippen LogP contribution is -2.52. The number of imide groups is 1. The summed E-state index contributed by atoms with van der Waals surface area (Å²) in [6, 6.07) is 4.58. The summed E-state index contributed by atoms with van der Waals surface area (Å²) in [5, 5.41) is 5.42. The summed E-state index contributed by atoms with van der Waals surface area (Å²) in [5.74, 6) is -0.565. The van der Waals surface area contributed by atoms with Gasteiger partial charge in [0.25, 0.3) is 11.8 Å². The SMILES string of the molecule is C[C@H](NC(=O)c1ccc2c(c1)CN(C1CCC(=O)NC1=O)C2=O)C1CCCCC1. The molecule has 0 radical (unpaired) electrons. The van der Waals surface area contributed by atoms with Gasteiger partial charge in [0.15, 0.2) is 0 Å². The first-order valence-electron chi connectivity index (χ1n) is 10.5. The van der Waals surface area contributed by atoms with Crippen molar-refractivity contribution in [2.45, 2.75) is 70.5 Å². The van der Waals surface area contributed by atoms with E-state index < -0.39 is 11.9 Å². The number of nitrogens with zero attached hydrogens (tertiary/aromatic N) is 1. The van der Waals surface area contributed by atoms with Crippen LogP contribution >= 0.6 is 0 Å². The number of carbonyl (C=O) groups is 4. The highest BCUT2D eigenvalue weighted by Crippen LogP contribution is 2.29. The van der Waals surface area contributed by atoms with Crippen molar-refractivity contribution < 1.29 is 19.2 Å². The average Bonchev–Trinajstić information content (AvgIpc) is 3.04. The van der Waals surface area contributed by atoms with Gasteiger partial charge in [-0.05, 0) is 55.9 Å². The second-order valence-corrected chi connectivity index (χ2v) is 8.43. The third kappa shape index (κ3) is 3.91. The molecular weight excluding hydrogens is 370 g/mol. The summed E-state index contributed by atoms with van der Waals surface area (Å²) < 4.78 is 0. The Hall–Kier alpha value is -2.70. The molecule has 1 saturated heterocycles. The number of rotatable bonds is 4. The Morgan fingerprint density at radius 3 is 2.62 bits per heavy atom. The Morgan fingerprint density at radius 2 is 1.90 bits per heavy atom. The molecule has 2 fully saturated rings. The van der Waals surface area contributed by atoms with E-state index in [9.17, 15) is 19.2 Å². The van der Waals surface area contributed by atoms with Gasteiger partial charge in [0, 0.05) is 30.1 Å². The fourth-order valence-electron chi connectivity index (χ4n) is 4.76. The molecule has 0 aromatic heterocycles. The maximum atomic E-state index is 12.7. The van der Waals surface area contributed by atoms with Gasteiger partial charge in [-0.1, -0.05) is 19.3 Å². The van der Waals surface area contributed by atoms with E-state index in [2.05, 4.69) is 17.6 Å². The summed E-state index contributed by atoms with van der Waals surface area (Å²) in [7, 11) is 0. The molecule has 1 saturated carbocycles. The number of hydrogen-bond acceptors (Lipinski definition) is 4. The number of nitrogens with one attached hydrogen (secondary N) is 2. The van der Waals surface area contributed by atoms with Crippen LogP contribution in [-0.4, -0.2) is 40.6 Å². The smallest absolute Gasteiger partial charge is 0.255 e. The third-order valence-electron chi connectivity index (χ3n) is 6.50. The van der Waals surface area contributed by atoms with E-state index in [1.807, 2.05) is 0 Å². The minimum atomic E-state index is -0.642. The average molecular weight is 397 g/mol. The van der Waals surface area contributed by atoms with Crippen LogP contribution in [0.25, 0.3) is 0 Å². The molecule has 7 heteroatoms. The molecule has 4 rings (SSSR count). The van der Waals surface area contributed by atoms with Crippen molar-refractivity contribution in [2.75, 3.05) is 0 Å². The maximum Gasteiger partial charge on any atom is 0.255 e. The number of fused-ring (bicyclic) bond motifs is 1. The van der Waals surface area contributed by atoms with Gasteiger partial charge in [0.05, 0.1) is 0 Å². The zero-order valence-electron chi connectivity index (χ0n) is 16.7. The summed E-state index contributed by atoms with van der Waals surface area (Å²) in [6.45, 7) is 2.34. The van der Waals surface area contributed by atoms with E-state index in [1.165, 1.54) is 24.2 Å². The van der Waals surface area contributed by atoms with Crippen LogP contribution in [0.1, 0.15) is 78.1 Å². The monoisotopic (exact) mass is 397 g/mol. The minimum absolute atomic E-state index is 0.123. The fourth-order valence-corrected chi connectivity index (χ4v) is 4.76. The maximum absolute atomic E-state index is 12.7. The van der Waals surface area contributed by atoms with Gasteiger partial charge in [-0.25, -0.2) is 0 Å². The number of amides is 4. The number of benzene rings is 1. The first-order valence-corrected chi connectivity index (χ1v) is 10.5. The molecule has 154 valence electrons. The van der Waals surface area contributed by atoms with E-state index in [-0.39, 0.29) is 36.7 Å². The van der Waals surface area contributed by atoms with Crippen molar-refractivity contribution in [3.63, 3.8) is 0 Å². The fraction of sp³-hybridized carbons (Fsp3) is 0.545. The van der Waals surface area contributed by atoms with Crippen molar-refractivity contribution in [1.29, 1.82) is 0 Å². The molecule has 1 aliphatic carbocycles. The van der Waals surface area contributed by atoms with Gasteiger partial charge in [-0.2, -0.15) is 0 Å². The highest BCUT2D eigenvalue weighted by Gasteiger charge is 2.39. The number of piperidine rings is 1. The summed E-state index contributed by atoms with van der Waals surface area (Å²) in [5.41, 5.74) is 1.80. The lowest BCUT2D eigenvalue weighted by Gasteiger charge is -2.29. The van der Waals surface area contributed by atoms with Crippen LogP contribution in [-0.2, 0) is 16.1 Å². The molecule has 29 heavy (non-hydrogen) atoms. The normalized spacial score (nSPS) is 23.6. The Kier molecular flexibility index (Phi) is 5.39. The predicted molar refractivity (Wildman–Crippen MR) is 106 cm³/mol. The molecule has 1 aromatic rings. The minimum Gasteiger partial charge on any atom is -0.349 e. The lowest BCUT2D eigenvalue weighted by molar-refractivity contribution is -0.136. The third-order valence-corrected chi connectivity index (χ3v) is 6.50. The van der Waals surface area contributed by atoms with Gasteiger partial charge < -0.3 is 10.2 Å². The van der Waals surface area contributed by atoms with Crippen molar-refractivity contribution in [3.8, 4) is 0 Å². The zero-order chi connectivity index (χ0) is 20.5. The summed E-state index contributed by atoms with van der Waals surface area (Å²) in [6.07, 6.45) is 6.59. The van der Waals surface area contributed by atoms with Gasteiger partial charge in [-0.15, -0.1) is 0 Å². The van der Waals surface area contributed by atoms with Crippen LogP contribution in [0.5, 0.6) is 0 Å². The van der Waals surface area contributed by atoms with E-state index >= 15 is 0 Å². The predicted octanol–water partition coefficient (Wildman–Crippen LogP) is 2.15. The van der Waals surface area contributed by atoms with Crippen molar-refractivity contribution in [2.24, 2.45) is 5.92 Å². The van der Waals surface area contributed by atoms with E-state index in [0.717, 1.165) is 18.4 Å². The topological polar surface area (TPSA) is 95.6 Å². The number of hydrogen-bond donors (Lipinski definition) is 2. The van der Waals surface area contributed by atoms with Crippen LogP contribution < -0.4 is 10.6 Å². The molecule has 2 aliphatic heterocycles.